The molecule has 0 radical (unpaired) electrons. The molecule has 0 amide bonds. The zero-order chi connectivity index (χ0) is 57.1. The lowest BCUT2D eigenvalue weighted by Gasteiger charge is -2.18. The lowest BCUT2D eigenvalue weighted by Crippen LogP contribution is -2.30. The van der Waals surface area contributed by atoms with Gasteiger partial charge in [0.1, 0.15) is 13.2 Å². The van der Waals surface area contributed by atoms with Crippen molar-refractivity contribution in [3.8, 4) is 0 Å². The third-order valence-corrected chi connectivity index (χ3v) is 12.7. The van der Waals surface area contributed by atoms with E-state index in [2.05, 4.69) is 191 Å². The standard InChI is InChI=1S/C73H114O6/c1-4-7-10-13-16-19-22-25-28-31-34-36-39-42-45-48-51-54-57-60-63-66-72(75)78-69-70(68-77-71(74)65-62-59-56-53-50-47-44-41-38-33-30-27-24-21-18-15-12-9-6-3)79-73(76)67-64-61-58-55-52-49-46-43-40-37-35-32-29-26-23-20-17-14-11-8-5-2/h7-12,16-21,25-30,34-38,41-42,45,47,50,70H,4-6,13-15,22-24,31-33,39-40,43-44,46,48-49,51-69H2,1-3H3/b10-7-,11-8-,12-9-,19-16-,20-17-,21-18-,28-25-,29-26-,30-27-,36-34-,37-35-,41-38-,45-42-,50-47-. The fraction of sp³-hybridized carbons (Fsp3) is 0.575. The molecule has 0 saturated heterocycles. The van der Waals surface area contributed by atoms with Crippen LogP contribution in [0.3, 0.4) is 0 Å². The van der Waals surface area contributed by atoms with Crippen LogP contribution in [-0.4, -0.2) is 37.2 Å². The highest BCUT2D eigenvalue weighted by Crippen LogP contribution is 2.14. The van der Waals surface area contributed by atoms with Gasteiger partial charge in [-0.2, -0.15) is 0 Å². The fourth-order valence-electron chi connectivity index (χ4n) is 8.07. The molecule has 0 aliphatic carbocycles. The number of unbranched alkanes of at least 4 members (excludes halogenated alkanes) is 16. The van der Waals surface area contributed by atoms with Crippen LogP contribution >= 0.6 is 0 Å². The summed E-state index contributed by atoms with van der Waals surface area (Å²) >= 11 is 0. The summed E-state index contributed by atoms with van der Waals surface area (Å²) in [5.74, 6) is -0.973. The smallest absolute Gasteiger partial charge is 0.306 e. The molecule has 0 aromatic heterocycles. The van der Waals surface area contributed by atoms with Gasteiger partial charge in [0.15, 0.2) is 6.10 Å². The molecular formula is C73H114O6. The van der Waals surface area contributed by atoms with Gasteiger partial charge in [-0.25, -0.2) is 0 Å². The van der Waals surface area contributed by atoms with E-state index in [1.54, 1.807) is 0 Å². The van der Waals surface area contributed by atoms with Crippen molar-refractivity contribution in [1.29, 1.82) is 0 Å². The normalized spacial score (nSPS) is 13.3. The highest BCUT2D eigenvalue weighted by Gasteiger charge is 2.19. The van der Waals surface area contributed by atoms with E-state index < -0.39 is 6.10 Å². The third-order valence-electron chi connectivity index (χ3n) is 12.7. The van der Waals surface area contributed by atoms with Crippen LogP contribution in [0.5, 0.6) is 0 Å². The predicted octanol–water partition coefficient (Wildman–Crippen LogP) is 21.9. The molecule has 0 aliphatic rings. The van der Waals surface area contributed by atoms with Crippen LogP contribution in [-0.2, 0) is 28.6 Å². The Labute approximate surface area is 485 Å². The molecule has 6 nitrogen and oxygen atoms in total. The summed E-state index contributed by atoms with van der Waals surface area (Å²) in [6.07, 6.45) is 96.3. The average molecular weight is 1090 g/mol. The maximum Gasteiger partial charge on any atom is 0.306 e. The predicted molar refractivity (Wildman–Crippen MR) is 343 cm³/mol. The molecule has 1 unspecified atom stereocenters. The van der Waals surface area contributed by atoms with E-state index in [0.29, 0.717) is 19.3 Å². The summed E-state index contributed by atoms with van der Waals surface area (Å²) in [4.78, 5) is 38.4. The third kappa shape index (κ3) is 63.5. The molecule has 0 saturated carbocycles. The zero-order valence-electron chi connectivity index (χ0n) is 50.6. The summed E-state index contributed by atoms with van der Waals surface area (Å²) in [5, 5.41) is 0. The van der Waals surface area contributed by atoms with E-state index in [-0.39, 0.29) is 31.1 Å². The van der Waals surface area contributed by atoms with Crippen LogP contribution in [0.4, 0.5) is 0 Å². The van der Waals surface area contributed by atoms with E-state index in [1.165, 1.54) is 32.1 Å². The Hall–Kier alpha value is -5.23. The van der Waals surface area contributed by atoms with E-state index in [9.17, 15) is 14.4 Å². The molecular weight excluding hydrogens is 973 g/mol. The van der Waals surface area contributed by atoms with Crippen molar-refractivity contribution >= 4 is 17.9 Å². The largest absolute Gasteiger partial charge is 0.462 e. The number of rotatable bonds is 55. The molecule has 0 aromatic rings. The number of hydrogen-bond acceptors (Lipinski definition) is 6. The number of carbonyl (C=O) groups excluding carboxylic acids is 3. The van der Waals surface area contributed by atoms with Gasteiger partial charge in [0.25, 0.3) is 0 Å². The quantitative estimate of drug-likeness (QED) is 0.0261. The van der Waals surface area contributed by atoms with E-state index >= 15 is 0 Å². The molecule has 0 N–H and O–H groups in total. The number of esters is 3. The van der Waals surface area contributed by atoms with Crippen molar-refractivity contribution in [2.24, 2.45) is 0 Å². The Bertz CT molecular complexity index is 1820. The van der Waals surface area contributed by atoms with Gasteiger partial charge in [-0.05, 0) is 148 Å². The fourth-order valence-corrected chi connectivity index (χ4v) is 8.07. The minimum absolute atomic E-state index is 0.110. The van der Waals surface area contributed by atoms with Crippen LogP contribution < -0.4 is 0 Å². The maximum atomic E-state index is 12.9. The topological polar surface area (TPSA) is 78.9 Å². The van der Waals surface area contributed by atoms with Crippen molar-refractivity contribution in [2.45, 2.75) is 258 Å². The summed E-state index contributed by atoms with van der Waals surface area (Å²) in [5.41, 5.74) is 0. The molecule has 0 heterocycles. The van der Waals surface area contributed by atoms with Crippen LogP contribution in [0.2, 0.25) is 0 Å². The molecule has 79 heavy (non-hydrogen) atoms. The molecule has 0 fully saturated rings. The van der Waals surface area contributed by atoms with Crippen LogP contribution in [0, 0.1) is 0 Å². The van der Waals surface area contributed by atoms with Crippen LogP contribution in [0.15, 0.2) is 170 Å². The highest BCUT2D eigenvalue weighted by atomic mass is 16.6. The van der Waals surface area contributed by atoms with Gasteiger partial charge in [-0.3, -0.25) is 14.4 Å². The number of ether oxygens (including phenoxy) is 3. The Balaban J connectivity index is 4.54. The summed E-state index contributed by atoms with van der Waals surface area (Å²) in [6.45, 7) is 6.24. The molecule has 0 aromatic carbocycles. The van der Waals surface area contributed by atoms with E-state index in [1.807, 2.05) is 0 Å². The first-order valence-electron chi connectivity index (χ1n) is 31.6. The summed E-state index contributed by atoms with van der Waals surface area (Å²) in [7, 11) is 0. The number of hydrogen-bond donors (Lipinski definition) is 0. The van der Waals surface area contributed by atoms with Crippen molar-refractivity contribution in [2.75, 3.05) is 13.2 Å². The second-order valence-corrected chi connectivity index (χ2v) is 20.2. The van der Waals surface area contributed by atoms with Crippen LogP contribution in [0.25, 0.3) is 0 Å². The SMILES string of the molecule is CC/C=C\C/C=C\C/C=C\C/C=C\C/C=C\CCCCCCCC(=O)OCC(COC(=O)CCCCC/C=C\C/C=C\C/C=C\C/C=C\C/C=C\CC)OC(=O)CCCCCCCCCC/C=C\C/C=C\C/C=C\C/C=C\CC. The Morgan fingerprint density at radius 1 is 0.253 bits per heavy atom. The Kier molecular flexibility index (Phi) is 61.0. The Morgan fingerprint density at radius 3 is 0.722 bits per heavy atom. The molecule has 0 spiro atoms. The molecule has 442 valence electrons. The van der Waals surface area contributed by atoms with Crippen molar-refractivity contribution in [1.82, 2.24) is 0 Å². The minimum Gasteiger partial charge on any atom is -0.462 e. The van der Waals surface area contributed by atoms with Gasteiger partial charge in [0.05, 0.1) is 0 Å². The zero-order valence-corrected chi connectivity index (χ0v) is 50.6. The van der Waals surface area contributed by atoms with Gasteiger partial charge in [-0.15, -0.1) is 0 Å². The monoisotopic (exact) mass is 1090 g/mol. The second kappa shape index (κ2) is 65.3. The average Bonchev–Trinajstić information content (AvgIpc) is 3.45. The van der Waals surface area contributed by atoms with Gasteiger partial charge in [0.2, 0.25) is 0 Å². The molecule has 0 rings (SSSR count). The first kappa shape index (κ1) is 73.8. The van der Waals surface area contributed by atoms with Gasteiger partial charge in [0, 0.05) is 19.3 Å². The second-order valence-electron chi connectivity index (χ2n) is 20.2. The number of allylic oxidation sites excluding steroid dienone is 28. The van der Waals surface area contributed by atoms with Crippen molar-refractivity contribution in [3.05, 3.63) is 170 Å². The molecule has 0 aliphatic heterocycles. The van der Waals surface area contributed by atoms with Crippen LogP contribution in [0.1, 0.15) is 252 Å². The van der Waals surface area contributed by atoms with Gasteiger partial charge < -0.3 is 14.2 Å². The molecule has 1 atom stereocenters. The first-order valence-corrected chi connectivity index (χ1v) is 31.6. The van der Waals surface area contributed by atoms with Gasteiger partial charge >= 0.3 is 17.9 Å². The van der Waals surface area contributed by atoms with Gasteiger partial charge in [-0.1, -0.05) is 255 Å². The maximum absolute atomic E-state index is 12.9. The minimum atomic E-state index is -0.816. The van der Waals surface area contributed by atoms with E-state index in [4.69, 9.17) is 14.2 Å². The molecule has 0 bridgehead atoms. The highest BCUT2D eigenvalue weighted by molar-refractivity contribution is 5.71. The Morgan fingerprint density at radius 2 is 0.456 bits per heavy atom. The van der Waals surface area contributed by atoms with E-state index in [0.717, 1.165) is 180 Å². The first-order chi connectivity index (χ1) is 39.0. The lowest BCUT2D eigenvalue weighted by atomic mass is 10.1. The lowest BCUT2D eigenvalue weighted by molar-refractivity contribution is -0.167. The summed E-state index contributed by atoms with van der Waals surface area (Å²) < 4.78 is 16.9. The van der Waals surface area contributed by atoms with Crippen molar-refractivity contribution < 1.29 is 28.6 Å². The summed E-state index contributed by atoms with van der Waals surface area (Å²) in [6, 6.07) is 0. The molecule has 6 heteroatoms. The van der Waals surface area contributed by atoms with Crippen molar-refractivity contribution in [3.63, 3.8) is 0 Å². The number of carbonyl (C=O) groups is 3.